The first-order chi connectivity index (χ1) is 5.65. The summed E-state index contributed by atoms with van der Waals surface area (Å²) < 4.78 is 12.9. The molecule has 0 aliphatic carbocycles. The predicted molar refractivity (Wildman–Crippen MR) is 51.1 cm³/mol. The van der Waals surface area contributed by atoms with E-state index in [1.807, 2.05) is 5.16 Å². The van der Waals surface area contributed by atoms with Gasteiger partial charge in [0.25, 0.3) is 0 Å². The molecule has 0 aliphatic heterocycles. The maximum atomic E-state index is 12.9. The lowest BCUT2D eigenvalue weighted by atomic mass is 10.3. The van der Waals surface area contributed by atoms with Crippen molar-refractivity contribution in [2.24, 2.45) is 4.99 Å². The molecule has 0 N–H and O–H groups in total. The second kappa shape index (κ2) is 3.97. The van der Waals surface area contributed by atoms with Crippen LogP contribution in [0.1, 0.15) is 0 Å². The van der Waals surface area contributed by atoms with E-state index in [2.05, 4.69) is 17.2 Å². The molecule has 0 unspecified atom stereocenters. The molecule has 1 nitrogen and oxygen atoms in total. The number of hydrogen-bond donors (Lipinski definition) is 0. The topological polar surface area (TPSA) is 12.4 Å². The third kappa shape index (κ3) is 2.02. The number of isothiocyanates is 1. The Kier molecular flexibility index (Phi) is 3.18. The van der Waals surface area contributed by atoms with E-state index in [4.69, 9.17) is 23.2 Å². The molecule has 12 heavy (non-hydrogen) atoms. The van der Waals surface area contributed by atoms with Crippen LogP contribution in [0.5, 0.6) is 0 Å². The third-order valence-electron chi connectivity index (χ3n) is 1.14. The van der Waals surface area contributed by atoms with Gasteiger partial charge in [-0.15, -0.1) is 0 Å². The van der Waals surface area contributed by atoms with Gasteiger partial charge in [-0.2, -0.15) is 4.99 Å². The smallest absolute Gasteiger partial charge is 0.152 e. The van der Waals surface area contributed by atoms with Gasteiger partial charge in [-0.3, -0.25) is 0 Å². The summed E-state index contributed by atoms with van der Waals surface area (Å²) >= 11 is 15.4. The molecule has 0 radical (unpaired) electrons. The van der Waals surface area contributed by atoms with Crippen molar-refractivity contribution in [3.63, 3.8) is 0 Å². The molecule has 0 aromatic heterocycles. The van der Waals surface area contributed by atoms with Crippen molar-refractivity contribution in [2.75, 3.05) is 0 Å². The van der Waals surface area contributed by atoms with Crippen LogP contribution in [-0.2, 0) is 0 Å². The minimum Gasteiger partial charge on any atom is -0.204 e. The Hall–Kier alpha value is -0.470. The van der Waals surface area contributed by atoms with Crippen molar-refractivity contribution in [1.82, 2.24) is 0 Å². The minimum atomic E-state index is -0.607. The molecule has 0 heterocycles. The van der Waals surface area contributed by atoms with Crippen molar-refractivity contribution in [3.05, 3.63) is 28.0 Å². The van der Waals surface area contributed by atoms with Crippen LogP contribution >= 0.6 is 35.4 Å². The van der Waals surface area contributed by atoms with Crippen molar-refractivity contribution >= 4 is 46.3 Å². The molecule has 0 saturated carbocycles. The molecule has 0 spiro atoms. The van der Waals surface area contributed by atoms with E-state index in [-0.39, 0.29) is 15.7 Å². The van der Waals surface area contributed by atoms with Gasteiger partial charge in [0, 0.05) is 5.02 Å². The highest BCUT2D eigenvalue weighted by Crippen LogP contribution is 2.30. The van der Waals surface area contributed by atoms with Gasteiger partial charge >= 0.3 is 0 Å². The maximum Gasteiger partial charge on any atom is 0.152 e. The van der Waals surface area contributed by atoms with Crippen molar-refractivity contribution in [2.45, 2.75) is 0 Å². The van der Waals surface area contributed by atoms with E-state index in [1.165, 1.54) is 6.07 Å². The zero-order valence-electron chi connectivity index (χ0n) is 5.64. The maximum absolute atomic E-state index is 12.9. The summed E-state index contributed by atoms with van der Waals surface area (Å²) in [5.74, 6) is -0.607. The Bertz CT molecular complexity index is 337. The van der Waals surface area contributed by atoms with Gasteiger partial charge < -0.3 is 0 Å². The molecule has 62 valence electrons. The second-order valence-electron chi connectivity index (χ2n) is 1.92. The summed E-state index contributed by atoms with van der Waals surface area (Å²) in [6.07, 6.45) is 0. The molecule has 0 bridgehead atoms. The summed E-state index contributed by atoms with van der Waals surface area (Å²) in [4.78, 5) is 3.45. The number of halogens is 3. The standard InChI is InChI=1S/C7H2Cl2FNS/c8-4-1-5(9)7(11-3-12)6(10)2-4/h1-2H. The van der Waals surface area contributed by atoms with Crippen molar-refractivity contribution in [3.8, 4) is 0 Å². The molecule has 5 heteroatoms. The molecular weight excluding hydrogens is 220 g/mol. The largest absolute Gasteiger partial charge is 0.204 e. The number of thiocarbonyl (C=S) groups is 1. The Morgan fingerprint density at radius 3 is 2.58 bits per heavy atom. The molecule has 0 fully saturated rings. The number of nitrogens with zero attached hydrogens (tertiary/aromatic N) is 1. The second-order valence-corrected chi connectivity index (χ2v) is 2.95. The van der Waals surface area contributed by atoms with E-state index >= 15 is 0 Å². The number of aliphatic imine (C=N–C) groups is 1. The van der Waals surface area contributed by atoms with Crippen LogP contribution in [-0.4, -0.2) is 5.16 Å². The summed E-state index contributed by atoms with van der Waals surface area (Å²) in [5, 5.41) is 2.37. The van der Waals surface area contributed by atoms with E-state index in [9.17, 15) is 4.39 Å². The zero-order chi connectivity index (χ0) is 9.14. The number of hydrogen-bond acceptors (Lipinski definition) is 2. The SMILES string of the molecule is Fc1cc(Cl)cc(Cl)c1N=C=S. The summed E-state index contributed by atoms with van der Waals surface area (Å²) in [6, 6.07) is 2.50. The number of benzene rings is 1. The highest BCUT2D eigenvalue weighted by molar-refractivity contribution is 7.78. The first-order valence-corrected chi connectivity index (χ1v) is 4.04. The van der Waals surface area contributed by atoms with Crippen LogP contribution in [0.25, 0.3) is 0 Å². The van der Waals surface area contributed by atoms with Crippen LogP contribution in [0.4, 0.5) is 10.1 Å². The van der Waals surface area contributed by atoms with Crippen LogP contribution in [0.15, 0.2) is 17.1 Å². The normalized spacial score (nSPS) is 9.25. The molecule has 0 saturated heterocycles. The van der Waals surface area contributed by atoms with Gasteiger partial charge in [-0.25, -0.2) is 4.39 Å². The molecule has 0 amide bonds. The Balaban J connectivity index is 3.37. The van der Waals surface area contributed by atoms with Gasteiger partial charge in [0.05, 0.1) is 10.2 Å². The monoisotopic (exact) mass is 221 g/mol. The fourth-order valence-electron chi connectivity index (χ4n) is 0.687. The quantitative estimate of drug-likeness (QED) is 0.519. The molecule has 1 rings (SSSR count). The van der Waals surface area contributed by atoms with E-state index in [0.717, 1.165) is 6.07 Å². The molecular formula is C7H2Cl2FNS. The van der Waals surface area contributed by atoms with Gasteiger partial charge in [-0.1, -0.05) is 23.2 Å². The third-order valence-corrected chi connectivity index (χ3v) is 1.74. The van der Waals surface area contributed by atoms with E-state index in [0.29, 0.717) is 0 Å². The van der Waals surface area contributed by atoms with Gasteiger partial charge in [0.1, 0.15) is 5.69 Å². The van der Waals surface area contributed by atoms with E-state index in [1.54, 1.807) is 0 Å². The van der Waals surface area contributed by atoms with Gasteiger partial charge in [0.15, 0.2) is 5.82 Å². The lowest BCUT2D eigenvalue weighted by Gasteiger charge is -1.98. The summed E-state index contributed by atoms with van der Waals surface area (Å²) in [6.45, 7) is 0. The number of rotatable bonds is 1. The van der Waals surface area contributed by atoms with Crippen molar-refractivity contribution < 1.29 is 4.39 Å². The highest BCUT2D eigenvalue weighted by Gasteiger charge is 2.06. The highest BCUT2D eigenvalue weighted by atomic mass is 35.5. The van der Waals surface area contributed by atoms with Crippen LogP contribution < -0.4 is 0 Å². The average molecular weight is 222 g/mol. The Morgan fingerprint density at radius 2 is 2.08 bits per heavy atom. The molecule has 1 aromatic carbocycles. The molecule has 1 aromatic rings. The first kappa shape index (κ1) is 9.62. The molecule has 0 atom stereocenters. The van der Waals surface area contributed by atoms with Gasteiger partial charge in [0.2, 0.25) is 0 Å². The lowest BCUT2D eigenvalue weighted by Crippen LogP contribution is -1.77. The first-order valence-electron chi connectivity index (χ1n) is 2.87. The zero-order valence-corrected chi connectivity index (χ0v) is 7.97. The van der Waals surface area contributed by atoms with Crippen molar-refractivity contribution in [1.29, 1.82) is 0 Å². The fourth-order valence-corrected chi connectivity index (χ4v) is 1.29. The average Bonchev–Trinajstić information content (AvgIpc) is 1.96. The van der Waals surface area contributed by atoms with E-state index < -0.39 is 5.82 Å². The van der Waals surface area contributed by atoms with Crippen LogP contribution in [0.3, 0.4) is 0 Å². The minimum absolute atomic E-state index is 0.0314. The lowest BCUT2D eigenvalue weighted by molar-refractivity contribution is 0.630. The Morgan fingerprint density at radius 1 is 1.42 bits per heavy atom. The molecule has 0 aliphatic rings. The summed E-state index contributed by atoms with van der Waals surface area (Å²) in [5.41, 5.74) is -0.0314. The summed E-state index contributed by atoms with van der Waals surface area (Å²) in [7, 11) is 0. The Labute approximate surface area is 83.8 Å². The predicted octanol–water partition coefficient (Wildman–Crippen LogP) is 3.87. The van der Waals surface area contributed by atoms with Crippen LogP contribution in [0, 0.1) is 5.82 Å². The van der Waals surface area contributed by atoms with Gasteiger partial charge in [-0.05, 0) is 24.4 Å². The van der Waals surface area contributed by atoms with Crippen LogP contribution in [0.2, 0.25) is 10.0 Å². The fraction of sp³-hybridized carbons (Fsp3) is 0.